The molecule has 2 aromatic heterocycles. The summed E-state index contributed by atoms with van der Waals surface area (Å²) in [6, 6.07) is 1.84. The summed E-state index contributed by atoms with van der Waals surface area (Å²) in [6.07, 6.45) is 1.73. The lowest BCUT2D eigenvalue weighted by molar-refractivity contribution is 0.867. The average molecular weight is 283 g/mol. The second-order valence-electron chi connectivity index (χ2n) is 4.03. The number of nitrogens with two attached hydrogens (primary N) is 1. The van der Waals surface area contributed by atoms with Crippen molar-refractivity contribution in [2.24, 2.45) is 5.73 Å². The van der Waals surface area contributed by atoms with E-state index < -0.39 is 0 Å². The molecule has 2 N–H and O–H groups in total. The Morgan fingerprint density at radius 1 is 1.50 bits per heavy atom. The first kappa shape index (κ1) is 13.3. The molecule has 4 nitrogen and oxygen atoms in total. The van der Waals surface area contributed by atoms with E-state index in [4.69, 9.17) is 17.3 Å². The summed E-state index contributed by atoms with van der Waals surface area (Å²) in [5, 5.41) is 3.73. The van der Waals surface area contributed by atoms with Crippen LogP contribution >= 0.6 is 22.9 Å². The van der Waals surface area contributed by atoms with Crippen molar-refractivity contribution in [3.05, 3.63) is 38.9 Å². The fourth-order valence-corrected chi connectivity index (χ4v) is 2.63. The van der Waals surface area contributed by atoms with Crippen LogP contribution in [0.5, 0.6) is 0 Å². The number of hydrogen-bond acceptors (Lipinski definition) is 5. The SMILES string of the molecule is Cc1nc(CN(C)c2nccc(CN)c2Cl)cs1. The van der Waals surface area contributed by atoms with Crippen molar-refractivity contribution in [2.45, 2.75) is 20.0 Å². The highest BCUT2D eigenvalue weighted by Crippen LogP contribution is 2.26. The molecule has 0 fully saturated rings. The quantitative estimate of drug-likeness (QED) is 0.936. The number of halogens is 1. The number of aryl methyl sites for hydroxylation is 1. The summed E-state index contributed by atoms with van der Waals surface area (Å²) in [5.74, 6) is 0.741. The first-order valence-electron chi connectivity index (χ1n) is 5.57. The highest BCUT2D eigenvalue weighted by Gasteiger charge is 2.12. The average Bonchev–Trinajstić information content (AvgIpc) is 2.75. The molecule has 0 bridgehead atoms. The third-order valence-electron chi connectivity index (χ3n) is 2.60. The van der Waals surface area contributed by atoms with E-state index in [1.807, 2.05) is 30.3 Å². The fourth-order valence-electron chi connectivity index (χ4n) is 1.69. The molecule has 0 aromatic carbocycles. The van der Waals surface area contributed by atoms with Gasteiger partial charge in [0.15, 0.2) is 0 Å². The Morgan fingerprint density at radius 2 is 2.28 bits per heavy atom. The van der Waals surface area contributed by atoms with Gasteiger partial charge in [0.25, 0.3) is 0 Å². The van der Waals surface area contributed by atoms with Gasteiger partial charge in [-0.2, -0.15) is 0 Å². The Morgan fingerprint density at radius 3 is 2.89 bits per heavy atom. The van der Waals surface area contributed by atoms with E-state index in [0.29, 0.717) is 18.1 Å². The number of hydrogen-bond donors (Lipinski definition) is 1. The standard InChI is InChI=1S/C12H15ClN4S/c1-8-16-10(7-18-8)6-17(2)12-11(13)9(5-14)3-4-15-12/h3-4,7H,5-6,14H2,1-2H3. The molecular weight excluding hydrogens is 268 g/mol. The van der Waals surface area contributed by atoms with Crippen molar-refractivity contribution < 1.29 is 0 Å². The maximum absolute atomic E-state index is 6.27. The van der Waals surface area contributed by atoms with E-state index in [1.165, 1.54) is 0 Å². The summed E-state index contributed by atoms with van der Waals surface area (Å²) in [7, 11) is 1.95. The van der Waals surface area contributed by atoms with Gasteiger partial charge in [-0.15, -0.1) is 11.3 Å². The summed E-state index contributed by atoms with van der Waals surface area (Å²) < 4.78 is 0. The van der Waals surface area contributed by atoms with Crippen LogP contribution in [0.15, 0.2) is 17.6 Å². The molecule has 0 radical (unpaired) electrons. The Balaban J connectivity index is 2.21. The van der Waals surface area contributed by atoms with E-state index in [-0.39, 0.29) is 0 Å². The van der Waals surface area contributed by atoms with Crippen LogP contribution in [-0.2, 0) is 13.1 Å². The predicted octanol–water partition coefficient (Wildman–Crippen LogP) is 2.60. The molecule has 2 aromatic rings. The lowest BCUT2D eigenvalue weighted by Gasteiger charge is -2.19. The lowest BCUT2D eigenvalue weighted by atomic mass is 10.2. The van der Waals surface area contributed by atoms with E-state index in [2.05, 4.69) is 9.97 Å². The van der Waals surface area contributed by atoms with Gasteiger partial charge >= 0.3 is 0 Å². The van der Waals surface area contributed by atoms with E-state index in [1.54, 1.807) is 17.5 Å². The van der Waals surface area contributed by atoms with Gasteiger partial charge in [-0.1, -0.05) is 11.6 Å². The second kappa shape index (κ2) is 5.65. The monoisotopic (exact) mass is 282 g/mol. The van der Waals surface area contributed by atoms with Gasteiger partial charge in [-0.25, -0.2) is 9.97 Å². The normalized spacial score (nSPS) is 10.7. The molecule has 0 saturated heterocycles. The summed E-state index contributed by atoms with van der Waals surface area (Å²) >= 11 is 7.92. The molecule has 0 aliphatic carbocycles. The zero-order valence-electron chi connectivity index (χ0n) is 10.4. The summed E-state index contributed by atoms with van der Waals surface area (Å²) in [4.78, 5) is 10.7. The minimum Gasteiger partial charge on any atom is -0.353 e. The molecule has 6 heteroatoms. The number of thiazole rings is 1. The molecular formula is C12H15ClN4S. The third kappa shape index (κ3) is 2.80. The van der Waals surface area contributed by atoms with Crippen molar-refractivity contribution in [1.29, 1.82) is 0 Å². The molecule has 0 aliphatic heterocycles. The minimum atomic E-state index is 0.415. The summed E-state index contributed by atoms with van der Waals surface area (Å²) in [5.41, 5.74) is 7.56. The van der Waals surface area contributed by atoms with Crippen LogP contribution in [0.1, 0.15) is 16.3 Å². The minimum absolute atomic E-state index is 0.415. The van der Waals surface area contributed by atoms with Crippen LogP contribution < -0.4 is 10.6 Å². The molecule has 2 heterocycles. The molecule has 18 heavy (non-hydrogen) atoms. The van der Waals surface area contributed by atoms with Crippen LogP contribution in [0, 0.1) is 6.92 Å². The largest absolute Gasteiger partial charge is 0.353 e. The molecule has 0 spiro atoms. The molecule has 0 amide bonds. The van der Waals surface area contributed by atoms with Crippen molar-refractivity contribution in [2.75, 3.05) is 11.9 Å². The molecule has 2 rings (SSSR count). The number of nitrogens with zero attached hydrogens (tertiary/aromatic N) is 3. The van der Waals surface area contributed by atoms with Gasteiger partial charge in [0.05, 0.1) is 22.3 Å². The van der Waals surface area contributed by atoms with Gasteiger partial charge in [-0.3, -0.25) is 0 Å². The van der Waals surface area contributed by atoms with Gasteiger partial charge in [0.1, 0.15) is 5.82 Å². The van der Waals surface area contributed by atoms with Crippen LogP contribution in [-0.4, -0.2) is 17.0 Å². The molecule has 0 unspecified atom stereocenters. The Kier molecular flexibility index (Phi) is 4.16. The van der Waals surface area contributed by atoms with Crippen LogP contribution in [0.2, 0.25) is 5.02 Å². The second-order valence-corrected chi connectivity index (χ2v) is 5.47. The van der Waals surface area contributed by atoms with Crippen molar-refractivity contribution >= 4 is 28.8 Å². The van der Waals surface area contributed by atoms with Crippen LogP contribution in [0.4, 0.5) is 5.82 Å². The molecule has 0 atom stereocenters. The zero-order valence-corrected chi connectivity index (χ0v) is 11.9. The number of anilines is 1. The Hall–Kier alpha value is -1.17. The first-order valence-corrected chi connectivity index (χ1v) is 6.83. The molecule has 96 valence electrons. The van der Waals surface area contributed by atoms with E-state index in [9.17, 15) is 0 Å². The number of pyridine rings is 1. The summed E-state index contributed by atoms with van der Waals surface area (Å²) in [6.45, 7) is 3.09. The van der Waals surface area contributed by atoms with Crippen molar-refractivity contribution in [3.63, 3.8) is 0 Å². The first-order chi connectivity index (χ1) is 8.61. The molecule has 0 saturated carbocycles. The smallest absolute Gasteiger partial charge is 0.147 e. The number of rotatable bonds is 4. The lowest BCUT2D eigenvalue weighted by Crippen LogP contribution is -2.19. The maximum Gasteiger partial charge on any atom is 0.147 e. The highest BCUT2D eigenvalue weighted by atomic mass is 35.5. The highest BCUT2D eigenvalue weighted by molar-refractivity contribution is 7.09. The third-order valence-corrected chi connectivity index (χ3v) is 3.83. The molecule has 0 aliphatic rings. The van der Waals surface area contributed by atoms with Gasteiger partial charge in [-0.05, 0) is 18.6 Å². The fraction of sp³-hybridized carbons (Fsp3) is 0.333. The van der Waals surface area contributed by atoms with Crippen LogP contribution in [0.3, 0.4) is 0 Å². The van der Waals surface area contributed by atoms with Gasteiger partial charge in [0, 0.05) is 25.2 Å². The maximum atomic E-state index is 6.27. The van der Waals surface area contributed by atoms with E-state index >= 15 is 0 Å². The topological polar surface area (TPSA) is 55.0 Å². The van der Waals surface area contributed by atoms with Crippen LogP contribution in [0.25, 0.3) is 0 Å². The van der Waals surface area contributed by atoms with Crippen molar-refractivity contribution in [1.82, 2.24) is 9.97 Å². The Labute approximate surface area is 115 Å². The van der Waals surface area contributed by atoms with E-state index in [0.717, 1.165) is 22.1 Å². The van der Waals surface area contributed by atoms with Crippen molar-refractivity contribution in [3.8, 4) is 0 Å². The number of aromatic nitrogens is 2. The van der Waals surface area contributed by atoms with Gasteiger partial charge in [0.2, 0.25) is 0 Å². The zero-order chi connectivity index (χ0) is 13.1. The van der Waals surface area contributed by atoms with Gasteiger partial charge < -0.3 is 10.6 Å². The predicted molar refractivity (Wildman–Crippen MR) is 76.1 cm³/mol. The Bertz CT molecular complexity index is 541.